The number of carbonyl (C=O) groups excluding carboxylic acids is 3. The molecule has 7 heteroatoms. The van der Waals surface area contributed by atoms with Gasteiger partial charge in [0.1, 0.15) is 12.3 Å². The largest absolute Gasteiger partial charge is 0.482 e. The molecule has 1 heterocycles. The second-order valence-corrected chi connectivity index (χ2v) is 7.82. The van der Waals surface area contributed by atoms with Gasteiger partial charge in [-0.25, -0.2) is 4.79 Å². The highest BCUT2D eigenvalue weighted by Crippen LogP contribution is 2.36. The van der Waals surface area contributed by atoms with Crippen LogP contribution >= 0.6 is 0 Å². The third kappa shape index (κ3) is 4.56. The van der Waals surface area contributed by atoms with E-state index in [0.717, 1.165) is 5.56 Å². The van der Waals surface area contributed by atoms with E-state index in [1.807, 2.05) is 18.2 Å². The number of carbonyl (C=O) groups is 3. The minimum absolute atomic E-state index is 0.0571. The van der Waals surface area contributed by atoms with E-state index in [0.29, 0.717) is 22.7 Å². The first kappa shape index (κ1) is 20.4. The van der Waals surface area contributed by atoms with Crippen molar-refractivity contribution < 1.29 is 23.9 Å². The molecule has 1 aliphatic heterocycles. The third-order valence-corrected chi connectivity index (χ3v) is 4.66. The summed E-state index contributed by atoms with van der Waals surface area (Å²) in [7, 11) is 1.31. The third-order valence-electron chi connectivity index (χ3n) is 4.66. The lowest BCUT2D eigenvalue weighted by Crippen LogP contribution is -2.43. The SMILES string of the molecule is COC(=O)c1ccc(NC(=O)CN2C(=O)COc3cc(C(C)(C)C)ccc32)cc1. The number of fused-ring (bicyclic) bond motifs is 1. The molecule has 0 saturated heterocycles. The van der Waals surface area contributed by atoms with Crippen LogP contribution < -0.4 is 15.0 Å². The molecular formula is C22H24N2O5. The summed E-state index contributed by atoms with van der Waals surface area (Å²) in [6, 6.07) is 12.0. The summed E-state index contributed by atoms with van der Waals surface area (Å²) in [5, 5.41) is 2.73. The lowest BCUT2D eigenvalue weighted by atomic mass is 9.86. The Hall–Kier alpha value is -3.35. The summed E-state index contributed by atoms with van der Waals surface area (Å²) in [5.41, 5.74) is 2.51. The van der Waals surface area contributed by atoms with E-state index in [1.165, 1.54) is 12.0 Å². The van der Waals surface area contributed by atoms with Crippen LogP contribution in [0.1, 0.15) is 36.7 Å². The number of ether oxygens (including phenoxy) is 2. The Balaban J connectivity index is 1.73. The summed E-state index contributed by atoms with van der Waals surface area (Å²) in [5.74, 6) is -0.491. The minimum Gasteiger partial charge on any atom is -0.482 e. The monoisotopic (exact) mass is 396 g/mol. The predicted molar refractivity (Wildman–Crippen MR) is 109 cm³/mol. The molecule has 2 aromatic carbocycles. The fourth-order valence-electron chi connectivity index (χ4n) is 3.00. The van der Waals surface area contributed by atoms with Crippen molar-refractivity contribution >= 4 is 29.2 Å². The molecule has 0 aromatic heterocycles. The molecule has 0 bridgehead atoms. The molecule has 7 nitrogen and oxygen atoms in total. The van der Waals surface area contributed by atoms with E-state index < -0.39 is 5.97 Å². The molecule has 0 spiro atoms. The molecule has 2 aromatic rings. The van der Waals surface area contributed by atoms with E-state index in [4.69, 9.17) is 4.74 Å². The van der Waals surface area contributed by atoms with Gasteiger partial charge in [-0.15, -0.1) is 0 Å². The van der Waals surface area contributed by atoms with E-state index in [2.05, 4.69) is 30.8 Å². The maximum absolute atomic E-state index is 12.5. The van der Waals surface area contributed by atoms with Crippen LogP contribution in [0.2, 0.25) is 0 Å². The van der Waals surface area contributed by atoms with Crippen LogP contribution in [0.4, 0.5) is 11.4 Å². The Kier molecular flexibility index (Phi) is 5.59. The molecule has 0 atom stereocenters. The quantitative estimate of drug-likeness (QED) is 0.803. The van der Waals surface area contributed by atoms with Gasteiger partial charge in [-0.1, -0.05) is 26.8 Å². The summed E-state index contributed by atoms with van der Waals surface area (Å²) in [6.07, 6.45) is 0. The van der Waals surface area contributed by atoms with Crippen LogP contribution in [0.3, 0.4) is 0 Å². The van der Waals surface area contributed by atoms with Crippen molar-refractivity contribution in [1.29, 1.82) is 0 Å². The smallest absolute Gasteiger partial charge is 0.337 e. The van der Waals surface area contributed by atoms with Gasteiger partial charge in [0.05, 0.1) is 18.4 Å². The summed E-state index contributed by atoms with van der Waals surface area (Å²) in [6.45, 7) is 6.04. The molecule has 1 N–H and O–H groups in total. The Bertz CT molecular complexity index is 945. The van der Waals surface area contributed by atoms with Crippen LogP contribution in [0.15, 0.2) is 42.5 Å². The molecule has 29 heavy (non-hydrogen) atoms. The van der Waals surface area contributed by atoms with E-state index in [-0.39, 0.29) is 30.4 Å². The fraction of sp³-hybridized carbons (Fsp3) is 0.318. The molecule has 0 saturated carbocycles. The van der Waals surface area contributed by atoms with Crippen molar-refractivity contribution in [1.82, 2.24) is 0 Å². The van der Waals surface area contributed by atoms with Gasteiger partial charge in [-0.2, -0.15) is 0 Å². The van der Waals surface area contributed by atoms with E-state index in [9.17, 15) is 14.4 Å². The maximum Gasteiger partial charge on any atom is 0.337 e. The zero-order valence-electron chi connectivity index (χ0n) is 16.9. The van der Waals surface area contributed by atoms with Gasteiger partial charge in [0, 0.05) is 5.69 Å². The van der Waals surface area contributed by atoms with Crippen molar-refractivity contribution in [2.24, 2.45) is 0 Å². The Labute approximate surface area is 169 Å². The number of benzene rings is 2. The number of amides is 2. The number of esters is 1. The van der Waals surface area contributed by atoms with Crippen LogP contribution in [0.5, 0.6) is 5.75 Å². The lowest BCUT2D eigenvalue weighted by molar-refractivity contribution is -0.123. The standard InChI is InChI=1S/C22H24N2O5/c1-22(2,3)15-7-10-17-18(11-15)29-13-20(26)24(17)12-19(25)23-16-8-5-14(6-9-16)21(27)28-4/h5-11H,12-13H2,1-4H3,(H,23,25). The van der Waals surface area contributed by atoms with Crippen molar-refractivity contribution in [3.05, 3.63) is 53.6 Å². The highest BCUT2D eigenvalue weighted by molar-refractivity contribution is 6.05. The normalized spacial score (nSPS) is 13.4. The molecule has 2 amide bonds. The van der Waals surface area contributed by atoms with Crippen molar-refractivity contribution in [3.8, 4) is 5.75 Å². The number of nitrogens with one attached hydrogen (secondary N) is 1. The Morgan fingerprint density at radius 3 is 2.45 bits per heavy atom. The van der Waals surface area contributed by atoms with Crippen LogP contribution in [0, 0.1) is 0 Å². The average molecular weight is 396 g/mol. The van der Waals surface area contributed by atoms with Gasteiger partial charge >= 0.3 is 5.97 Å². The van der Waals surface area contributed by atoms with Gasteiger partial charge < -0.3 is 14.8 Å². The fourth-order valence-corrected chi connectivity index (χ4v) is 3.00. The molecule has 0 unspecified atom stereocenters. The molecule has 3 rings (SSSR count). The maximum atomic E-state index is 12.5. The first-order chi connectivity index (χ1) is 13.7. The average Bonchev–Trinajstić information content (AvgIpc) is 2.69. The number of hydrogen-bond donors (Lipinski definition) is 1. The summed E-state index contributed by atoms with van der Waals surface area (Å²) >= 11 is 0. The highest BCUT2D eigenvalue weighted by atomic mass is 16.5. The zero-order valence-corrected chi connectivity index (χ0v) is 16.9. The number of hydrogen-bond acceptors (Lipinski definition) is 5. The van der Waals surface area contributed by atoms with Crippen molar-refractivity contribution in [2.45, 2.75) is 26.2 Å². The first-order valence-electron chi connectivity index (χ1n) is 9.25. The predicted octanol–water partition coefficient (Wildman–Crippen LogP) is 3.13. The first-order valence-corrected chi connectivity index (χ1v) is 9.25. The molecule has 0 radical (unpaired) electrons. The van der Waals surface area contributed by atoms with Gasteiger partial charge in [-0.3, -0.25) is 14.5 Å². The molecule has 1 aliphatic rings. The molecule has 0 aliphatic carbocycles. The van der Waals surface area contributed by atoms with Gasteiger partial charge in [0.25, 0.3) is 5.91 Å². The van der Waals surface area contributed by atoms with Crippen LogP contribution in [-0.4, -0.2) is 38.0 Å². The van der Waals surface area contributed by atoms with Gasteiger partial charge in [0.15, 0.2) is 6.61 Å². The van der Waals surface area contributed by atoms with Crippen LogP contribution in [-0.2, 0) is 19.7 Å². The zero-order chi connectivity index (χ0) is 21.2. The van der Waals surface area contributed by atoms with Gasteiger partial charge in [-0.05, 0) is 47.4 Å². The molecular weight excluding hydrogens is 372 g/mol. The Morgan fingerprint density at radius 1 is 1.14 bits per heavy atom. The van der Waals surface area contributed by atoms with Crippen LogP contribution in [0.25, 0.3) is 0 Å². The Morgan fingerprint density at radius 2 is 1.83 bits per heavy atom. The molecule has 0 fully saturated rings. The number of nitrogens with zero attached hydrogens (tertiary/aromatic N) is 1. The van der Waals surface area contributed by atoms with Gasteiger partial charge in [0.2, 0.25) is 5.91 Å². The van der Waals surface area contributed by atoms with Crippen molar-refractivity contribution in [2.75, 3.05) is 30.5 Å². The minimum atomic E-state index is -0.451. The lowest BCUT2D eigenvalue weighted by Gasteiger charge is -2.30. The number of methoxy groups -OCH3 is 1. The number of rotatable bonds is 4. The topological polar surface area (TPSA) is 84.9 Å². The molecule has 152 valence electrons. The van der Waals surface area contributed by atoms with E-state index in [1.54, 1.807) is 24.3 Å². The second kappa shape index (κ2) is 7.95. The van der Waals surface area contributed by atoms with Crippen molar-refractivity contribution in [3.63, 3.8) is 0 Å². The summed E-state index contributed by atoms with van der Waals surface area (Å²) < 4.78 is 10.2. The second-order valence-electron chi connectivity index (χ2n) is 7.82. The highest BCUT2D eigenvalue weighted by Gasteiger charge is 2.28. The number of anilines is 2. The summed E-state index contributed by atoms with van der Waals surface area (Å²) in [4.78, 5) is 37.8. The van der Waals surface area contributed by atoms with E-state index >= 15 is 0 Å².